The minimum atomic E-state index is -2.93. The third-order valence-electron chi connectivity index (χ3n) is 3.44. The van der Waals surface area contributed by atoms with Crippen LogP contribution in [0.1, 0.15) is 44.7 Å². The van der Waals surface area contributed by atoms with Crippen LogP contribution in [0, 0.1) is 0 Å². The summed E-state index contributed by atoms with van der Waals surface area (Å²) < 4.78 is 11.9. The lowest BCUT2D eigenvalue weighted by atomic mass is 10.1. The Morgan fingerprint density at radius 1 is 1.24 bits per heavy atom. The first-order valence-electron chi connectivity index (χ1n) is 7.35. The van der Waals surface area contributed by atoms with Crippen LogP contribution in [0.5, 0.6) is 0 Å². The van der Waals surface area contributed by atoms with Gasteiger partial charge in [-0.2, -0.15) is 0 Å². The summed E-state index contributed by atoms with van der Waals surface area (Å²) in [6, 6.07) is 5.70. The predicted molar refractivity (Wildman–Crippen MR) is 92.0 cm³/mol. The summed E-state index contributed by atoms with van der Waals surface area (Å²) in [6.07, 6.45) is 3.29. The Morgan fingerprint density at radius 3 is 2.52 bits per heavy atom. The fraction of sp³-hybridized carbons (Fsp3) is 0.600. The summed E-state index contributed by atoms with van der Waals surface area (Å²) in [5.41, 5.74) is 1.06. The lowest BCUT2D eigenvalue weighted by Crippen LogP contribution is -2.20. The van der Waals surface area contributed by atoms with Crippen molar-refractivity contribution in [2.45, 2.75) is 39.2 Å². The van der Waals surface area contributed by atoms with E-state index in [1.807, 2.05) is 26.0 Å². The number of halogens is 2. The molecule has 0 spiro atoms. The van der Waals surface area contributed by atoms with Gasteiger partial charge in [0.2, 0.25) is 7.37 Å². The molecular weight excluding hydrogens is 328 g/mol. The van der Waals surface area contributed by atoms with Gasteiger partial charge in [0.25, 0.3) is 0 Å². The van der Waals surface area contributed by atoms with Gasteiger partial charge in [-0.05, 0) is 44.0 Å². The van der Waals surface area contributed by atoms with Crippen molar-refractivity contribution in [1.82, 2.24) is 5.32 Å². The summed E-state index contributed by atoms with van der Waals surface area (Å²) in [5, 5.41) is 4.43. The molecule has 1 aromatic carbocycles. The van der Waals surface area contributed by atoms with E-state index in [1.165, 1.54) is 0 Å². The molecule has 0 amide bonds. The van der Waals surface area contributed by atoms with Crippen molar-refractivity contribution in [2.24, 2.45) is 0 Å². The fourth-order valence-electron chi connectivity index (χ4n) is 2.06. The van der Waals surface area contributed by atoms with Gasteiger partial charge in [-0.25, -0.2) is 0 Å². The quantitative estimate of drug-likeness (QED) is 0.480. The van der Waals surface area contributed by atoms with Crippen LogP contribution in [0.15, 0.2) is 18.2 Å². The first-order valence-corrected chi connectivity index (χ1v) is 10.1. The van der Waals surface area contributed by atoms with Crippen molar-refractivity contribution < 1.29 is 9.46 Å². The summed E-state index contributed by atoms with van der Waals surface area (Å²) in [6.45, 7) is 4.77. The second-order valence-corrected chi connectivity index (χ2v) is 8.75. The maximum Gasteiger partial charge on any atom is 0.200 e. The summed E-state index contributed by atoms with van der Waals surface area (Å²) >= 11 is 11.9. The smallest absolute Gasteiger partial charge is 0.200 e. The monoisotopic (exact) mass is 351 g/mol. The molecule has 3 nitrogen and oxygen atoms in total. The van der Waals surface area contributed by atoms with Crippen LogP contribution in [-0.2, 0) is 4.57 Å². The van der Waals surface area contributed by atoms with Gasteiger partial charge < -0.3 is 10.2 Å². The largest absolute Gasteiger partial charge is 0.344 e. The van der Waals surface area contributed by atoms with E-state index in [4.69, 9.17) is 23.2 Å². The van der Waals surface area contributed by atoms with Gasteiger partial charge in [0, 0.05) is 18.4 Å². The maximum atomic E-state index is 11.9. The van der Waals surface area contributed by atoms with E-state index in [0.717, 1.165) is 18.4 Å². The number of hydrogen-bond acceptors (Lipinski definition) is 2. The highest BCUT2D eigenvalue weighted by Crippen LogP contribution is 2.41. The van der Waals surface area contributed by atoms with Crippen LogP contribution in [0.2, 0.25) is 10.0 Å². The second kappa shape index (κ2) is 9.17. The predicted octanol–water partition coefficient (Wildman–Crippen LogP) is 5.10. The molecule has 0 radical (unpaired) electrons. The summed E-state index contributed by atoms with van der Waals surface area (Å²) in [4.78, 5) is 9.79. The normalized spacial score (nSPS) is 15.7. The molecule has 0 fully saturated rings. The van der Waals surface area contributed by atoms with Crippen molar-refractivity contribution in [3.8, 4) is 0 Å². The molecule has 0 aliphatic heterocycles. The van der Waals surface area contributed by atoms with E-state index < -0.39 is 7.37 Å². The van der Waals surface area contributed by atoms with Crippen molar-refractivity contribution in [1.29, 1.82) is 0 Å². The highest BCUT2D eigenvalue weighted by atomic mass is 35.5. The number of rotatable bonds is 9. The molecule has 2 unspecified atom stereocenters. The average Bonchev–Trinajstić information content (AvgIpc) is 2.44. The Kier molecular flexibility index (Phi) is 8.30. The molecule has 0 aromatic heterocycles. The molecule has 21 heavy (non-hydrogen) atoms. The molecule has 2 N–H and O–H groups in total. The van der Waals surface area contributed by atoms with Crippen LogP contribution < -0.4 is 5.32 Å². The SMILES string of the molecule is CCCCP(=O)(O)CCCNC(C)c1ccc(Cl)c(Cl)c1. The van der Waals surface area contributed by atoms with Gasteiger partial charge in [-0.3, -0.25) is 4.57 Å². The number of benzene rings is 1. The Morgan fingerprint density at radius 2 is 1.90 bits per heavy atom. The number of nitrogens with one attached hydrogen (secondary N) is 1. The third kappa shape index (κ3) is 7.17. The Bertz CT molecular complexity index is 497. The van der Waals surface area contributed by atoms with Crippen LogP contribution in [0.3, 0.4) is 0 Å². The zero-order valence-electron chi connectivity index (χ0n) is 12.6. The Hall–Kier alpha value is -0.0500. The van der Waals surface area contributed by atoms with Crippen LogP contribution in [-0.4, -0.2) is 23.8 Å². The van der Waals surface area contributed by atoms with Crippen LogP contribution in [0.4, 0.5) is 0 Å². The zero-order chi connectivity index (χ0) is 15.9. The molecular formula is C15H24Cl2NO2P. The molecule has 0 heterocycles. The van der Waals surface area contributed by atoms with Crippen molar-refractivity contribution in [2.75, 3.05) is 18.9 Å². The van der Waals surface area contributed by atoms with E-state index in [-0.39, 0.29) is 6.04 Å². The minimum Gasteiger partial charge on any atom is -0.344 e. The lowest BCUT2D eigenvalue weighted by molar-refractivity contribution is 0.470. The van der Waals surface area contributed by atoms with E-state index in [2.05, 4.69) is 5.32 Å². The van der Waals surface area contributed by atoms with E-state index >= 15 is 0 Å². The standard InChI is InChI=1S/C15H24Cl2NO2P/c1-3-4-9-21(19,20)10-5-8-18-12(2)13-6-7-14(16)15(17)11-13/h6-7,11-12,18H,3-5,8-10H2,1-2H3,(H,19,20). The van der Waals surface area contributed by atoms with Gasteiger partial charge in [-0.1, -0.05) is 42.6 Å². The molecule has 2 atom stereocenters. The van der Waals surface area contributed by atoms with Crippen molar-refractivity contribution in [3.63, 3.8) is 0 Å². The van der Waals surface area contributed by atoms with Crippen molar-refractivity contribution in [3.05, 3.63) is 33.8 Å². The number of unbranched alkanes of at least 4 members (excludes halogenated alkanes) is 1. The van der Waals surface area contributed by atoms with Crippen LogP contribution in [0.25, 0.3) is 0 Å². The highest BCUT2D eigenvalue weighted by molar-refractivity contribution is 7.57. The van der Waals surface area contributed by atoms with Gasteiger partial charge in [0.15, 0.2) is 0 Å². The highest BCUT2D eigenvalue weighted by Gasteiger charge is 2.16. The topological polar surface area (TPSA) is 49.3 Å². The molecule has 1 aromatic rings. The van der Waals surface area contributed by atoms with Crippen LogP contribution >= 0.6 is 30.6 Å². The first-order chi connectivity index (χ1) is 9.85. The van der Waals surface area contributed by atoms with E-state index in [0.29, 0.717) is 35.3 Å². The molecule has 0 saturated heterocycles. The van der Waals surface area contributed by atoms with Crippen molar-refractivity contribution >= 4 is 30.6 Å². The molecule has 0 saturated carbocycles. The van der Waals surface area contributed by atoms with Gasteiger partial charge in [-0.15, -0.1) is 0 Å². The molecule has 0 aliphatic rings. The molecule has 120 valence electrons. The zero-order valence-corrected chi connectivity index (χ0v) is 15.0. The second-order valence-electron chi connectivity index (χ2n) is 5.35. The van der Waals surface area contributed by atoms with Gasteiger partial charge in [0.1, 0.15) is 0 Å². The summed E-state index contributed by atoms with van der Waals surface area (Å²) in [5.74, 6) is 0. The van der Waals surface area contributed by atoms with Gasteiger partial charge in [0.05, 0.1) is 10.0 Å². The fourth-order valence-corrected chi connectivity index (χ4v) is 4.05. The third-order valence-corrected chi connectivity index (χ3v) is 6.21. The lowest BCUT2D eigenvalue weighted by Gasteiger charge is -2.16. The van der Waals surface area contributed by atoms with E-state index in [1.54, 1.807) is 6.07 Å². The Labute approximate surface area is 137 Å². The number of hydrogen-bond donors (Lipinski definition) is 2. The van der Waals surface area contributed by atoms with Gasteiger partial charge >= 0.3 is 0 Å². The minimum absolute atomic E-state index is 0.133. The average molecular weight is 352 g/mol. The first kappa shape index (κ1) is 19.0. The molecule has 0 bridgehead atoms. The molecule has 6 heteroatoms. The Balaban J connectivity index is 2.35. The maximum absolute atomic E-state index is 11.9. The molecule has 1 rings (SSSR count). The van der Waals surface area contributed by atoms with E-state index in [9.17, 15) is 9.46 Å². The summed E-state index contributed by atoms with van der Waals surface area (Å²) in [7, 11) is -2.93. The molecule has 0 aliphatic carbocycles.